The highest BCUT2D eigenvalue weighted by Crippen LogP contribution is 2.35. The van der Waals surface area contributed by atoms with Crippen LogP contribution in [0.1, 0.15) is 29.5 Å². The molecule has 2 amide bonds. The van der Waals surface area contributed by atoms with E-state index in [0.29, 0.717) is 5.17 Å². The maximum atomic E-state index is 13.1. The van der Waals surface area contributed by atoms with Crippen molar-refractivity contribution >= 4 is 40.1 Å². The van der Waals surface area contributed by atoms with Crippen molar-refractivity contribution < 1.29 is 22.8 Å². The van der Waals surface area contributed by atoms with Crippen LogP contribution in [0, 0.1) is 0 Å². The van der Waals surface area contributed by atoms with Gasteiger partial charge in [0.2, 0.25) is 11.8 Å². The molecule has 6 nitrogen and oxygen atoms in total. The van der Waals surface area contributed by atoms with Crippen molar-refractivity contribution in [2.75, 3.05) is 5.32 Å². The van der Waals surface area contributed by atoms with Crippen molar-refractivity contribution in [3.8, 4) is 0 Å². The lowest BCUT2D eigenvalue weighted by molar-refractivity contribution is -0.137. The van der Waals surface area contributed by atoms with Crippen LogP contribution in [-0.2, 0) is 22.2 Å². The number of hydrogen-bond donors (Lipinski definition) is 3. The Morgan fingerprint density at radius 1 is 1.16 bits per heavy atom. The molecule has 1 fully saturated rings. The number of fused-ring (bicyclic) bond motifs is 1. The van der Waals surface area contributed by atoms with Crippen LogP contribution in [0.25, 0.3) is 5.70 Å². The van der Waals surface area contributed by atoms with Gasteiger partial charge in [0.25, 0.3) is 0 Å². The zero-order valence-electron chi connectivity index (χ0n) is 16.7. The van der Waals surface area contributed by atoms with Crippen molar-refractivity contribution in [3.63, 3.8) is 0 Å². The van der Waals surface area contributed by atoms with Gasteiger partial charge in [-0.05, 0) is 30.5 Å². The minimum absolute atomic E-state index is 0.284. The van der Waals surface area contributed by atoms with Crippen molar-refractivity contribution in [2.24, 2.45) is 5.10 Å². The highest BCUT2D eigenvalue weighted by Gasteiger charge is 2.35. The molecule has 10 heteroatoms. The third-order valence-corrected chi connectivity index (χ3v) is 6.08. The molecule has 2 aliphatic rings. The second-order valence-electron chi connectivity index (χ2n) is 7.23. The number of rotatable bonds is 5. The number of amides is 2. The van der Waals surface area contributed by atoms with Crippen molar-refractivity contribution in [1.29, 1.82) is 0 Å². The summed E-state index contributed by atoms with van der Waals surface area (Å²) in [6, 6.07) is 12.7. The van der Waals surface area contributed by atoms with Crippen molar-refractivity contribution in [3.05, 3.63) is 71.3 Å². The molecule has 0 spiro atoms. The van der Waals surface area contributed by atoms with E-state index in [-0.39, 0.29) is 12.1 Å². The summed E-state index contributed by atoms with van der Waals surface area (Å²) in [5, 5.41) is 8.59. The molecule has 32 heavy (non-hydrogen) atoms. The average Bonchev–Trinajstić information content (AvgIpc) is 3.10. The van der Waals surface area contributed by atoms with Gasteiger partial charge in [0.15, 0.2) is 5.17 Å². The fraction of sp³-hybridized carbons (Fsp3) is 0.227. The Bertz CT molecular complexity index is 1110. The lowest BCUT2D eigenvalue weighted by atomic mass is 9.95. The minimum Gasteiger partial charge on any atom is -0.325 e. The van der Waals surface area contributed by atoms with E-state index in [1.165, 1.54) is 23.8 Å². The Morgan fingerprint density at radius 3 is 2.72 bits per heavy atom. The Morgan fingerprint density at radius 2 is 1.91 bits per heavy atom. The molecule has 2 aromatic rings. The summed E-state index contributed by atoms with van der Waals surface area (Å²) in [5.74, 6) is -1.11. The van der Waals surface area contributed by atoms with E-state index in [2.05, 4.69) is 27.2 Å². The number of halogens is 3. The number of hydrazone groups is 1. The highest BCUT2D eigenvalue weighted by atomic mass is 32.2. The first-order chi connectivity index (χ1) is 15.3. The summed E-state index contributed by atoms with van der Waals surface area (Å²) in [4.78, 5) is 24.5. The smallest absolute Gasteiger partial charge is 0.325 e. The van der Waals surface area contributed by atoms with Crippen molar-refractivity contribution in [1.82, 2.24) is 10.7 Å². The largest absolute Gasteiger partial charge is 0.418 e. The molecule has 1 aliphatic heterocycles. The van der Waals surface area contributed by atoms with Gasteiger partial charge in [-0.25, -0.2) is 0 Å². The molecule has 0 radical (unpaired) electrons. The van der Waals surface area contributed by atoms with E-state index in [4.69, 9.17) is 0 Å². The molecule has 2 aromatic carbocycles. The summed E-state index contributed by atoms with van der Waals surface area (Å²) in [5.41, 5.74) is 4.76. The number of allylic oxidation sites excluding steroid dienone is 1. The highest BCUT2D eigenvalue weighted by molar-refractivity contribution is 8.15. The predicted molar refractivity (Wildman–Crippen MR) is 118 cm³/mol. The summed E-state index contributed by atoms with van der Waals surface area (Å²) < 4.78 is 39.3. The van der Waals surface area contributed by atoms with Crippen molar-refractivity contribution in [2.45, 2.75) is 30.7 Å². The standard InChI is InChI=1S/C22H19F3N4O2S/c23-22(24,25)15-9-3-4-10-17(15)26-19(30)12-18-20(31)27-21(32-18)29-28-16-11-5-7-13-6-1-2-8-14(13)16/h1-4,6,8-11,18,28H,5,7,12H2,(H,26,30)(H,27,29,31)/t18-/m0/s1. The Hall–Kier alpha value is -3.27. The third kappa shape index (κ3) is 4.96. The zero-order valence-corrected chi connectivity index (χ0v) is 17.5. The van der Waals surface area contributed by atoms with E-state index >= 15 is 0 Å². The second-order valence-corrected chi connectivity index (χ2v) is 8.43. The normalized spacial score (nSPS) is 19.2. The van der Waals surface area contributed by atoms with Crippen LogP contribution in [0.4, 0.5) is 18.9 Å². The number of anilines is 1. The number of para-hydroxylation sites is 1. The van der Waals surface area contributed by atoms with Gasteiger partial charge >= 0.3 is 6.18 Å². The number of carbonyl (C=O) groups is 2. The molecule has 0 bridgehead atoms. The lowest BCUT2D eigenvalue weighted by Crippen LogP contribution is -2.29. The first-order valence-electron chi connectivity index (χ1n) is 9.87. The lowest BCUT2D eigenvalue weighted by Gasteiger charge is -2.17. The number of nitrogens with zero attached hydrogens (tertiary/aromatic N) is 1. The number of hydrogen-bond acceptors (Lipinski definition) is 5. The van der Waals surface area contributed by atoms with E-state index in [0.717, 1.165) is 41.9 Å². The predicted octanol–water partition coefficient (Wildman–Crippen LogP) is 4.11. The SMILES string of the molecule is O=C(C[C@@H]1S/C(=N\NC2=CCCc3ccccc32)NC1=O)Nc1ccccc1C(F)(F)F. The molecule has 1 saturated heterocycles. The van der Waals surface area contributed by atoms with Gasteiger partial charge in [-0.2, -0.15) is 13.2 Å². The quantitative estimate of drug-likeness (QED) is 0.587. The molecular formula is C22H19F3N4O2S. The van der Waals surface area contributed by atoms with Gasteiger partial charge in [-0.3, -0.25) is 15.0 Å². The molecule has 1 heterocycles. The fourth-order valence-electron chi connectivity index (χ4n) is 3.50. The van der Waals surface area contributed by atoms with E-state index < -0.39 is 28.8 Å². The monoisotopic (exact) mass is 460 g/mol. The molecule has 0 aromatic heterocycles. The summed E-state index contributed by atoms with van der Waals surface area (Å²) in [6.07, 6.45) is -1.05. The molecule has 4 rings (SSSR count). The molecular weight excluding hydrogens is 441 g/mol. The van der Waals surface area contributed by atoms with Gasteiger partial charge < -0.3 is 10.6 Å². The van der Waals surface area contributed by atoms with Crippen LogP contribution in [0.5, 0.6) is 0 Å². The molecule has 0 unspecified atom stereocenters. The fourth-order valence-corrected chi connectivity index (χ4v) is 4.43. The van der Waals surface area contributed by atoms with Gasteiger partial charge in [0, 0.05) is 12.0 Å². The molecule has 3 N–H and O–H groups in total. The maximum absolute atomic E-state index is 13.1. The van der Waals surface area contributed by atoms with Gasteiger partial charge in [0.05, 0.1) is 16.9 Å². The Balaban J connectivity index is 1.37. The van der Waals surface area contributed by atoms with Gasteiger partial charge in [0.1, 0.15) is 5.25 Å². The Kier molecular flexibility index (Phi) is 6.22. The molecule has 1 atom stereocenters. The number of aryl methyl sites for hydroxylation is 1. The van der Waals surface area contributed by atoms with Crippen LogP contribution >= 0.6 is 11.8 Å². The van der Waals surface area contributed by atoms with Crippen LogP contribution < -0.4 is 16.1 Å². The minimum atomic E-state index is -4.60. The van der Waals surface area contributed by atoms with Crippen LogP contribution in [-0.4, -0.2) is 22.2 Å². The van der Waals surface area contributed by atoms with Crippen LogP contribution in [0.2, 0.25) is 0 Å². The average molecular weight is 460 g/mol. The topological polar surface area (TPSA) is 82.6 Å². The molecule has 166 valence electrons. The number of alkyl halides is 3. The molecule has 0 saturated carbocycles. The summed E-state index contributed by atoms with van der Waals surface area (Å²) in [6.45, 7) is 0. The van der Waals surface area contributed by atoms with E-state index in [9.17, 15) is 22.8 Å². The number of thioether (sulfide) groups is 1. The number of amidine groups is 1. The van der Waals surface area contributed by atoms with Gasteiger partial charge in [-0.1, -0.05) is 54.2 Å². The first kappa shape index (κ1) is 21.9. The summed E-state index contributed by atoms with van der Waals surface area (Å²) in [7, 11) is 0. The third-order valence-electron chi connectivity index (χ3n) is 5.00. The van der Waals surface area contributed by atoms with Gasteiger partial charge in [-0.15, -0.1) is 5.10 Å². The zero-order chi connectivity index (χ0) is 22.7. The first-order valence-corrected chi connectivity index (χ1v) is 10.7. The van der Waals surface area contributed by atoms with Crippen LogP contribution in [0.3, 0.4) is 0 Å². The number of nitrogens with one attached hydrogen (secondary N) is 3. The number of carbonyl (C=O) groups excluding carboxylic acids is 2. The second kappa shape index (κ2) is 9.07. The number of benzene rings is 2. The van der Waals surface area contributed by atoms with Crippen LogP contribution in [0.15, 0.2) is 59.7 Å². The summed E-state index contributed by atoms with van der Waals surface area (Å²) >= 11 is 1.05. The molecule has 1 aliphatic carbocycles. The Labute approximate surface area is 186 Å². The van der Waals surface area contributed by atoms with E-state index in [1.807, 2.05) is 24.3 Å². The van der Waals surface area contributed by atoms with E-state index in [1.54, 1.807) is 0 Å². The maximum Gasteiger partial charge on any atom is 0.418 e.